The molecule has 0 bridgehead atoms. The van der Waals surface area contributed by atoms with E-state index in [4.69, 9.17) is 14.2 Å². The minimum atomic E-state index is -0.449. The summed E-state index contributed by atoms with van der Waals surface area (Å²) in [5, 5.41) is 3.15. The maximum atomic E-state index is 12.4. The molecule has 1 fully saturated rings. The predicted octanol–water partition coefficient (Wildman–Crippen LogP) is 1.18. The Morgan fingerprint density at radius 3 is 2.74 bits per heavy atom. The molecule has 1 heterocycles. The van der Waals surface area contributed by atoms with Gasteiger partial charge in [0.05, 0.1) is 26.4 Å². The second kappa shape index (κ2) is 6.04. The summed E-state index contributed by atoms with van der Waals surface area (Å²) in [4.78, 5) is 12.4. The standard InChI is InChI=1S/C14H19NO4/c1-9-11(17-2)5-4-10(14(9)18-3)13(16)12-8-15-6-7-19-12/h4-5,12,15H,6-8H2,1-3H3. The van der Waals surface area contributed by atoms with E-state index in [0.717, 1.165) is 12.1 Å². The molecule has 0 aromatic heterocycles. The van der Waals surface area contributed by atoms with Crippen LogP contribution in [0.15, 0.2) is 12.1 Å². The normalized spacial score (nSPS) is 19.0. The van der Waals surface area contributed by atoms with Gasteiger partial charge in [0, 0.05) is 18.7 Å². The van der Waals surface area contributed by atoms with Gasteiger partial charge in [0.25, 0.3) is 0 Å². The van der Waals surface area contributed by atoms with Gasteiger partial charge in [-0.25, -0.2) is 0 Å². The van der Waals surface area contributed by atoms with Crippen molar-refractivity contribution >= 4 is 5.78 Å². The smallest absolute Gasteiger partial charge is 0.196 e. The summed E-state index contributed by atoms with van der Waals surface area (Å²) in [6.07, 6.45) is -0.449. The van der Waals surface area contributed by atoms with Gasteiger partial charge in [-0.2, -0.15) is 0 Å². The Morgan fingerprint density at radius 2 is 2.16 bits per heavy atom. The Kier molecular flexibility index (Phi) is 4.39. The van der Waals surface area contributed by atoms with Crippen molar-refractivity contribution in [3.63, 3.8) is 0 Å². The van der Waals surface area contributed by atoms with Gasteiger partial charge < -0.3 is 19.5 Å². The molecule has 1 aromatic carbocycles. The van der Waals surface area contributed by atoms with E-state index in [9.17, 15) is 4.79 Å². The molecule has 1 aliphatic rings. The SMILES string of the molecule is COc1ccc(C(=O)C2CNCCO2)c(OC)c1C. The lowest BCUT2D eigenvalue weighted by Gasteiger charge is -2.23. The van der Waals surface area contributed by atoms with Crippen molar-refractivity contribution in [2.24, 2.45) is 0 Å². The molecule has 0 spiro atoms. The number of carbonyl (C=O) groups excluding carboxylic acids is 1. The molecule has 19 heavy (non-hydrogen) atoms. The van der Waals surface area contributed by atoms with Gasteiger partial charge in [0.2, 0.25) is 0 Å². The topological polar surface area (TPSA) is 56.8 Å². The number of carbonyl (C=O) groups is 1. The van der Waals surface area contributed by atoms with E-state index in [1.54, 1.807) is 26.4 Å². The quantitative estimate of drug-likeness (QED) is 0.829. The molecule has 0 aliphatic carbocycles. The molecular weight excluding hydrogens is 246 g/mol. The number of hydrogen-bond acceptors (Lipinski definition) is 5. The number of methoxy groups -OCH3 is 2. The Hall–Kier alpha value is -1.59. The fourth-order valence-corrected chi connectivity index (χ4v) is 2.26. The van der Waals surface area contributed by atoms with E-state index in [1.165, 1.54) is 0 Å². The first kappa shape index (κ1) is 13.8. The number of morpholine rings is 1. The van der Waals surface area contributed by atoms with E-state index < -0.39 is 6.10 Å². The number of nitrogens with one attached hydrogen (secondary N) is 1. The van der Waals surface area contributed by atoms with Crippen molar-refractivity contribution in [3.05, 3.63) is 23.3 Å². The Labute approximate surface area is 112 Å². The Balaban J connectivity index is 2.33. The first-order valence-corrected chi connectivity index (χ1v) is 6.27. The molecule has 1 N–H and O–H groups in total. The molecule has 2 rings (SSSR count). The molecule has 1 aliphatic heterocycles. The van der Waals surface area contributed by atoms with E-state index in [-0.39, 0.29) is 5.78 Å². The molecule has 1 saturated heterocycles. The fraction of sp³-hybridized carbons (Fsp3) is 0.500. The van der Waals surface area contributed by atoms with Crippen LogP contribution < -0.4 is 14.8 Å². The van der Waals surface area contributed by atoms with Crippen LogP contribution in [0.4, 0.5) is 0 Å². The number of rotatable bonds is 4. The largest absolute Gasteiger partial charge is 0.496 e. The summed E-state index contributed by atoms with van der Waals surface area (Å²) >= 11 is 0. The Morgan fingerprint density at radius 1 is 1.37 bits per heavy atom. The molecule has 0 radical (unpaired) electrons. The van der Waals surface area contributed by atoms with Gasteiger partial charge in [0.1, 0.15) is 17.6 Å². The van der Waals surface area contributed by atoms with E-state index in [0.29, 0.717) is 30.2 Å². The van der Waals surface area contributed by atoms with Crippen LogP contribution in [0.5, 0.6) is 11.5 Å². The minimum Gasteiger partial charge on any atom is -0.496 e. The fourth-order valence-electron chi connectivity index (χ4n) is 2.26. The van der Waals surface area contributed by atoms with Crippen molar-refractivity contribution in [1.29, 1.82) is 0 Å². The van der Waals surface area contributed by atoms with Crippen LogP contribution in [0.3, 0.4) is 0 Å². The van der Waals surface area contributed by atoms with Crippen LogP contribution in [0.1, 0.15) is 15.9 Å². The molecule has 1 atom stereocenters. The third-order valence-corrected chi connectivity index (χ3v) is 3.27. The molecule has 0 saturated carbocycles. The first-order chi connectivity index (χ1) is 9.19. The predicted molar refractivity (Wildman–Crippen MR) is 71.2 cm³/mol. The van der Waals surface area contributed by atoms with E-state index >= 15 is 0 Å². The maximum Gasteiger partial charge on any atom is 0.196 e. The van der Waals surface area contributed by atoms with Gasteiger partial charge in [0.15, 0.2) is 5.78 Å². The highest BCUT2D eigenvalue weighted by molar-refractivity contribution is 6.02. The average molecular weight is 265 g/mol. The molecule has 0 amide bonds. The van der Waals surface area contributed by atoms with Crippen LogP contribution >= 0.6 is 0 Å². The lowest BCUT2D eigenvalue weighted by molar-refractivity contribution is 0.0267. The minimum absolute atomic E-state index is 0.0604. The van der Waals surface area contributed by atoms with Gasteiger partial charge in [-0.1, -0.05) is 0 Å². The summed E-state index contributed by atoms with van der Waals surface area (Å²) in [6, 6.07) is 3.51. The summed E-state index contributed by atoms with van der Waals surface area (Å²) in [5.41, 5.74) is 1.36. The average Bonchev–Trinajstić information content (AvgIpc) is 2.47. The van der Waals surface area contributed by atoms with Crippen LogP contribution in [0, 0.1) is 6.92 Å². The number of ketones is 1. The first-order valence-electron chi connectivity index (χ1n) is 6.27. The number of ether oxygens (including phenoxy) is 3. The number of Topliss-reactive ketones (excluding diaryl/α,β-unsaturated/α-hetero) is 1. The second-order valence-corrected chi connectivity index (χ2v) is 4.40. The lowest BCUT2D eigenvalue weighted by Crippen LogP contribution is -2.43. The molecule has 104 valence electrons. The van der Waals surface area contributed by atoms with Gasteiger partial charge in [-0.15, -0.1) is 0 Å². The maximum absolute atomic E-state index is 12.4. The van der Waals surface area contributed by atoms with E-state index in [2.05, 4.69) is 5.32 Å². The van der Waals surface area contributed by atoms with Crippen molar-refractivity contribution in [1.82, 2.24) is 5.32 Å². The summed E-state index contributed by atoms with van der Waals surface area (Å²) in [5.74, 6) is 1.20. The zero-order valence-corrected chi connectivity index (χ0v) is 11.5. The van der Waals surface area contributed by atoms with Crippen molar-refractivity contribution in [3.8, 4) is 11.5 Å². The van der Waals surface area contributed by atoms with Gasteiger partial charge in [-0.05, 0) is 19.1 Å². The van der Waals surface area contributed by atoms with Crippen LogP contribution in [-0.4, -0.2) is 45.8 Å². The van der Waals surface area contributed by atoms with E-state index in [1.807, 2.05) is 6.92 Å². The van der Waals surface area contributed by atoms with Crippen molar-refractivity contribution in [2.45, 2.75) is 13.0 Å². The molecular formula is C14H19NO4. The zero-order chi connectivity index (χ0) is 13.8. The Bertz CT molecular complexity index is 467. The van der Waals surface area contributed by atoms with Gasteiger partial charge in [-0.3, -0.25) is 4.79 Å². The van der Waals surface area contributed by atoms with Crippen LogP contribution in [0.2, 0.25) is 0 Å². The number of benzene rings is 1. The van der Waals surface area contributed by atoms with Crippen LogP contribution in [0.25, 0.3) is 0 Å². The molecule has 5 heteroatoms. The monoisotopic (exact) mass is 265 g/mol. The molecule has 5 nitrogen and oxygen atoms in total. The highest BCUT2D eigenvalue weighted by atomic mass is 16.5. The summed E-state index contributed by atoms with van der Waals surface area (Å²) in [7, 11) is 3.15. The van der Waals surface area contributed by atoms with Crippen LogP contribution in [-0.2, 0) is 4.74 Å². The number of hydrogen-bond donors (Lipinski definition) is 1. The molecule has 1 unspecified atom stereocenters. The summed E-state index contributed by atoms with van der Waals surface area (Å²) in [6.45, 7) is 3.73. The third-order valence-electron chi connectivity index (χ3n) is 3.27. The summed E-state index contributed by atoms with van der Waals surface area (Å²) < 4.78 is 16.1. The lowest BCUT2D eigenvalue weighted by atomic mass is 10.0. The van der Waals surface area contributed by atoms with Crippen molar-refractivity contribution < 1.29 is 19.0 Å². The zero-order valence-electron chi connectivity index (χ0n) is 11.5. The second-order valence-electron chi connectivity index (χ2n) is 4.40. The van der Waals surface area contributed by atoms with Crippen molar-refractivity contribution in [2.75, 3.05) is 33.9 Å². The highest BCUT2D eigenvalue weighted by Crippen LogP contribution is 2.32. The van der Waals surface area contributed by atoms with Gasteiger partial charge >= 0.3 is 0 Å². The highest BCUT2D eigenvalue weighted by Gasteiger charge is 2.26. The molecule has 1 aromatic rings. The third kappa shape index (κ3) is 2.72.